The minimum Gasteiger partial charge on any atom is -0.373 e. The van der Waals surface area contributed by atoms with E-state index in [1.165, 1.54) is 16.7 Å². The van der Waals surface area contributed by atoms with E-state index in [-0.39, 0.29) is 11.9 Å². The Kier molecular flexibility index (Phi) is 3.89. The number of aryl methyl sites for hydroxylation is 2. The van der Waals surface area contributed by atoms with Crippen LogP contribution >= 0.6 is 0 Å². The molecule has 0 radical (unpaired) electrons. The van der Waals surface area contributed by atoms with Gasteiger partial charge in [-0.3, -0.25) is 4.79 Å². The van der Waals surface area contributed by atoms with Crippen molar-refractivity contribution in [2.75, 3.05) is 5.32 Å². The molecule has 1 heterocycles. The Balaban J connectivity index is 1.62. The molecule has 1 amide bonds. The third-order valence-electron chi connectivity index (χ3n) is 4.74. The molecule has 21 heavy (non-hydrogen) atoms. The highest BCUT2D eigenvalue weighted by Crippen LogP contribution is 2.30. The van der Waals surface area contributed by atoms with Crippen molar-refractivity contribution in [3.05, 3.63) is 28.8 Å². The highest BCUT2D eigenvalue weighted by Gasteiger charge is 2.30. The second kappa shape index (κ2) is 5.68. The van der Waals surface area contributed by atoms with E-state index in [9.17, 15) is 4.79 Å². The maximum atomic E-state index is 12.5. The zero-order valence-corrected chi connectivity index (χ0v) is 12.9. The van der Waals surface area contributed by atoms with Gasteiger partial charge in [0.2, 0.25) is 5.91 Å². The van der Waals surface area contributed by atoms with Crippen LogP contribution in [0.25, 0.3) is 0 Å². The molecule has 0 aromatic heterocycles. The largest absolute Gasteiger partial charge is 0.373 e. The molecule has 114 valence electrons. The summed E-state index contributed by atoms with van der Waals surface area (Å²) in [7, 11) is 0. The van der Waals surface area contributed by atoms with Crippen LogP contribution < -0.4 is 16.4 Å². The fraction of sp³-hybridized carbons (Fsp3) is 0.588. The maximum absolute atomic E-state index is 12.5. The molecular formula is C17H25N3O. The van der Waals surface area contributed by atoms with Gasteiger partial charge in [0.15, 0.2) is 0 Å². The van der Waals surface area contributed by atoms with Crippen molar-refractivity contribution in [2.24, 2.45) is 5.73 Å². The third kappa shape index (κ3) is 3.05. The lowest BCUT2D eigenvalue weighted by Gasteiger charge is -2.27. The average molecular weight is 287 g/mol. The molecule has 3 rings (SSSR count). The smallest absolute Gasteiger partial charge is 0.243 e. The summed E-state index contributed by atoms with van der Waals surface area (Å²) in [6, 6.07) is 4.83. The molecule has 1 saturated carbocycles. The molecule has 1 aromatic rings. The predicted octanol–water partition coefficient (Wildman–Crippen LogP) is 2.03. The summed E-state index contributed by atoms with van der Waals surface area (Å²) in [5.74, 6) is 0.128. The summed E-state index contributed by atoms with van der Waals surface area (Å²) in [5, 5.41) is 6.58. The Hall–Kier alpha value is -1.55. The van der Waals surface area contributed by atoms with Gasteiger partial charge in [-0.05, 0) is 50.7 Å². The first-order valence-electron chi connectivity index (χ1n) is 7.95. The van der Waals surface area contributed by atoms with Crippen LogP contribution in [0.5, 0.6) is 0 Å². The molecule has 4 heteroatoms. The molecule has 2 aliphatic rings. The molecule has 4 N–H and O–H groups in total. The van der Waals surface area contributed by atoms with E-state index < -0.39 is 0 Å². The summed E-state index contributed by atoms with van der Waals surface area (Å²) >= 11 is 0. The SMILES string of the molecule is Cc1cc(C)c2c(c1)CC(C(=O)N[C@H]1CC[C@H](N)CC1)N2. The number of carbonyl (C=O) groups excluding carboxylic acids is 1. The van der Waals surface area contributed by atoms with E-state index in [2.05, 4.69) is 36.6 Å². The molecule has 0 spiro atoms. The fourth-order valence-electron chi connectivity index (χ4n) is 3.59. The van der Waals surface area contributed by atoms with E-state index in [0.29, 0.717) is 12.1 Å². The second-order valence-electron chi connectivity index (χ2n) is 6.64. The predicted molar refractivity (Wildman–Crippen MR) is 85.4 cm³/mol. The fourth-order valence-corrected chi connectivity index (χ4v) is 3.59. The number of rotatable bonds is 2. The number of hydrogen-bond acceptors (Lipinski definition) is 3. The van der Waals surface area contributed by atoms with Gasteiger partial charge < -0.3 is 16.4 Å². The first kappa shape index (κ1) is 14.4. The number of nitrogens with one attached hydrogen (secondary N) is 2. The van der Waals surface area contributed by atoms with Crippen molar-refractivity contribution in [3.8, 4) is 0 Å². The summed E-state index contributed by atoms with van der Waals surface area (Å²) in [6.07, 6.45) is 4.83. The number of hydrogen-bond donors (Lipinski definition) is 3. The van der Waals surface area contributed by atoms with Crippen LogP contribution in [0, 0.1) is 13.8 Å². The molecule has 0 bridgehead atoms. The number of fused-ring (bicyclic) bond motifs is 1. The van der Waals surface area contributed by atoms with Gasteiger partial charge in [-0.15, -0.1) is 0 Å². The molecule has 1 aliphatic heterocycles. The van der Waals surface area contributed by atoms with E-state index >= 15 is 0 Å². The molecule has 1 unspecified atom stereocenters. The van der Waals surface area contributed by atoms with Crippen molar-refractivity contribution in [1.29, 1.82) is 0 Å². The summed E-state index contributed by atoms with van der Waals surface area (Å²) < 4.78 is 0. The molecule has 1 atom stereocenters. The maximum Gasteiger partial charge on any atom is 0.243 e. The first-order valence-corrected chi connectivity index (χ1v) is 7.95. The Bertz CT molecular complexity index is 547. The van der Waals surface area contributed by atoms with E-state index in [0.717, 1.165) is 37.8 Å². The number of benzene rings is 1. The van der Waals surface area contributed by atoms with Gasteiger partial charge >= 0.3 is 0 Å². The van der Waals surface area contributed by atoms with E-state index in [1.807, 2.05) is 0 Å². The normalized spacial score (nSPS) is 27.9. The van der Waals surface area contributed by atoms with Crippen molar-refractivity contribution in [3.63, 3.8) is 0 Å². The lowest BCUT2D eigenvalue weighted by atomic mass is 9.91. The molecule has 4 nitrogen and oxygen atoms in total. The Morgan fingerprint density at radius 1 is 1.24 bits per heavy atom. The lowest BCUT2D eigenvalue weighted by molar-refractivity contribution is -0.122. The minimum absolute atomic E-state index is 0.128. The van der Waals surface area contributed by atoms with E-state index in [1.54, 1.807) is 0 Å². The quantitative estimate of drug-likeness (QED) is 0.779. The Morgan fingerprint density at radius 2 is 1.95 bits per heavy atom. The van der Waals surface area contributed by atoms with E-state index in [4.69, 9.17) is 5.73 Å². The minimum atomic E-state index is -0.129. The van der Waals surface area contributed by atoms with Crippen molar-refractivity contribution < 1.29 is 4.79 Å². The lowest BCUT2D eigenvalue weighted by Crippen LogP contribution is -2.46. The van der Waals surface area contributed by atoms with Crippen molar-refractivity contribution in [2.45, 2.75) is 64.1 Å². The van der Waals surface area contributed by atoms with Crippen molar-refractivity contribution in [1.82, 2.24) is 5.32 Å². The average Bonchev–Trinajstić information content (AvgIpc) is 2.85. The number of carbonyl (C=O) groups is 1. The third-order valence-corrected chi connectivity index (χ3v) is 4.74. The standard InChI is InChI=1S/C17H25N3O/c1-10-7-11(2)16-12(8-10)9-15(20-16)17(21)19-14-5-3-13(18)4-6-14/h7-8,13-15,20H,3-6,9,18H2,1-2H3,(H,19,21)/t13-,14-,15?. The van der Waals surface area contributed by atoms with Crippen LogP contribution in [-0.4, -0.2) is 24.0 Å². The molecular weight excluding hydrogens is 262 g/mol. The van der Waals surface area contributed by atoms with Crippen LogP contribution in [-0.2, 0) is 11.2 Å². The molecule has 1 fully saturated rings. The van der Waals surface area contributed by atoms with Gasteiger partial charge in [0.1, 0.15) is 6.04 Å². The van der Waals surface area contributed by atoms with Crippen LogP contribution in [0.1, 0.15) is 42.4 Å². The summed E-state index contributed by atoms with van der Waals surface area (Å²) in [4.78, 5) is 12.5. The highest BCUT2D eigenvalue weighted by molar-refractivity contribution is 5.88. The van der Waals surface area contributed by atoms with Crippen LogP contribution in [0.4, 0.5) is 5.69 Å². The Labute approximate surface area is 126 Å². The van der Waals surface area contributed by atoms with Gasteiger partial charge in [0.05, 0.1) is 0 Å². The zero-order valence-electron chi connectivity index (χ0n) is 12.9. The Morgan fingerprint density at radius 3 is 2.67 bits per heavy atom. The van der Waals surface area contributed by atoms with Crippen LogP contribution in [0.2, 0.25) is 0 Å². The van der Waals surface area contributed by atoms with Gasteiger partial charge in [0, 0.05) is 24.2 Å². The van der Waals surface area contributed by atoms with Crippen LogP contribution in [0.3, 0.4) is 0 Å². The molecule has 0 saturated heterocycles. The summed E-state index contributed by atoms with van der Waals surface area (Å²) in [6.45, 7) is 4.20. The zero-order chi connectivity index (χ0) is 15.0. The summed E-state index contributed by atoms with van der Waals surface area (Å²) in [5.41, 5.74) is 10.8. The van der Waals surface area contributed by atoms with Gasteiger partial charge in [-0.2, -0.15) is 0 Å². The molecule has 1 aromatic carbocycles. The number of nitrogens with two attached hydrogens (primary N) is 1. The van der Waals surface area contributed by atoms with Gasteiger partial charge in [-0.25, -0.2) is 0 Å². The molecule has 1 aliphatic carbocycles. The van der Waals surface area contributed by atoms with Gasteiger partial charge in [0.25, 0.3) is 0 Å². The van der Waals surface area contributed by atoms with Gasteiger partial charge in [-0.1, -0.05) is 17.7 Å². The first-order chi connectivity index (χ1) is 10.0. The number of anilines is 1. The highest BCUT2D eigenvalue weighted by atomic mass is 16.2. The number of amides is 1. The second-order valence-corrected chi connectivity index (χ2v) is 6.64. The monoisotopic (exact) mass is 287 g/mol. The van der Waals surface area contributed by atoms with Crippen LogP contribution in [0.15, 0.2) is 12.1 Å². The van der Waals surface area contributed by atoms with Crippen molar-refractivity contribution >= 4 is 11.6 Å². The topological polar surface area (TPSA) is 67.2 Å².